The summed E-state index contributed by atoms with van der Waals surface area (Å²) in [5.41, 5.74) is 0.414. The smallest absolute Gasteiger partial charge is 0.446 e. The van der Waals surface area contributed by atoms with E-state index in [0.29, 0.717) is 16.7 Å². The predicted molar refractivity (Wildman–Crippen MR) is 88.4 cm³/mol. The number of ether oxygens (including phenoxy) is 2. The summed E-state index contributed by atoms with van der Waals surface area (Å²) in [6.07, 6.45) is -1.30. The van der Waals surface area contributed by atoms with Crippen LogP contribution in [-0.2, 0) is 10.0 Å². The van der Waals surface area contributed by atoms with Gasteiger partial charge in [-0.05, 0) is 24.3 Å². The van der Waals surface area contributed by atoms with Crippen molar-refractivity contribution in [3.05, 3.63) is 54.6 Å². The van der Waals surface area contributed by atoms with Gasteiger partial charge in [0.2, 0.25) is 0 Å². The zero-order valence-electron chi connectivity index (χ0n) is 13.1. The molecule has 0 radical (unpaired) electrons. The van der Waals surface area contributed by atoms with Crippen molar-refractivity contribution in [2.24, 2.45) is 5.84 Å². The molecule has 0 unspecified atom stereocenters. The van der Waals surface area contributed by atoms with Gasteiger partial charge in [-0.2, -0.15) is 8.42 Å². The van der Waals surface area contributed by atoms with Gasteiger partial charge in [0, 0.05) is 17.5 Å². The van der Waals surface area contributed by atoms with Crippen LogP contribution in [0.5, 0.6) is 11.7 Å². The maximum absolute atomic E-state index is 12.3. The SMILES string of the molecule is COc1ccc2cc(OC(=O)N(N)S(=O)(=O)c3ccccc3)oc2c1. The van der Waals surface area contributed by atoms with Gasteiger partial charge in [0.15, 0.2) is 0 Å². The van der Waals surface area contributed by atoms with Gasteiger partial charge in [0.1, 0.15) is 11.3 Å². The molecule has 1 heterocycles. The summed E-state index contributed by atoms with van der Waals surface area (Å²) >= 11 is 0. The molecular weight excluding hydrogens is 348 g/mol. The van der Waals surface area contributed by atoms with E-state index in [0.717, 1.165) is 0 Å². The standard InChI is InChI=1S/C16H14N2O6S/c1-22-12-8-7-11-9-15(23-14(11)10-12)24-16(19)18(17)25(20,21)13-5-3-2-4-6-13/h2-10H,17H2,1H3. The minimum absolute atomic E-state index is 0.0239. The molecule has 0 saturated carbocycles. The molecule has 2 N–H and O–H groups in total. The average Bonchev–Trinajstić information content (AvgIpc) is 3.02. The van der Waals surface area contributed by atoms with Crippen molar-refractivity contribution in [2.75, 3.05) is 7.11 Å². The number of nitrogens with two attached hydrogens (primary N) is 1. The van der Waals surface area contributed by atoms with Gasteiger partial charge < -0.3 is 13.9 Å². The normalized spacial score (nSPS) is 11.3. The Morgan fingerprint density at radius 2 is 1.84 bits per heavy atom. The van der Waals surface area contributed by atoms with Crippen molar-refractivity contribution in [2.45, 2.75) is 4.90 Å². The van der Waals surface area contributed by atoms with Crippen LogP contribution in [0.4, 0.5) is 4.79 Å². The van der Waals surface area contributed by atoms with Gasteiger partial charge in [-0.25, -0.2) is 10.6 Å². The number of sulfonamides is 1. The Kier molecular flexibility index (Phi) is 4.34. The van der Waals surface area contributed by atoms with E-state index in [-0.39, 0.29) is 15.3 Å². The molecule has 2 aromatic carbocycles. The quantitative estimate of drug-likeness (QED) is 0.431. The zero-order chi connectivity index (χ0) is 18.0. The van der Waals surface area contributed by atoms with E-state index >= 15 is 0 Å². The van der Waals surface area contributed by atoms with Gasteiger partial charge in [0.25, 0.3) is 16.0 Å². The average molecular weight is 362 g/mol. The first-order valence-corrected chi connectivity index (χ1v) is 8.50. The highest BCUT2D eigenvalue weighted by Crippen LogP contribution is 2.28. The fraction of sp³-hybridized carbons (Fsp3) is 0.0625. The van der Waals surface area contributed by atoms with Gasteiger partial charge >= 0.3 is 6.09 Å². The second-order valence-corrected chi connectivity index (χ2v) is 6.77. The van der Waals surface area contributed by atoms with Crippen molar-refractivity contribution >= 4 is 27.1 Å². The summed E-state index contributed by atoms with van der Waals surface area (Å²) in [6.45, 7) is 0. The van der Waals surface area contributed by atoms with Crippen molar-refractivity contribution in [3.8, 4) is 11.7 Å². The number of hydrogen-bond donors (Lipinski definition) is 1. The molecule has 9 heteroatoms. The van der Waals surface area contributed by atoms with Crippen LogP contribution < -0.4 is 15.3 Å². The second kappa shape index (κ2) is 6.46. The van der Waals surface area contributed by atoms with Gasteiger partial charge in [0.05, 0.1) is 12.0 Å². The third-order valence-corrected chi connectivity index (χ3v) is 4.91. The van der Waals surface area contributed by atoms with Crippen LogP contribution in [0.1, 0.15) is 0 Å². The number of nitrogens with zero attached hydrogens (tertiary/aromatic N) is 1. The minimum Gasteiger partial charge on any atom is -0.497 e. The van der Waals surface area contributed by atoms with Crippen LogP contribution in [0.2, 0.25) is 0 Å². The number of rotatable bonds is 4. The van der Waals surface area contributed by atoms with Crippen LogP contribution in [0.3, 0.4) is 0 Å². The van der Waals surface area contributed by atoms with E-state index in [2.05, 4.69) is 0 Å². The molecule has 0 saturated heterocycles. The highest BCUT2D eigenvalue weighted by molar-refractivity contribution is 7.89. The van der Waals surface area contributed by atoms with Gasteiger partial charge in [-0.3, -0.25) is 0 Å². The molecule has 0 spiro atoms. The molecule has 1 amide bonds. The van der Waals surface area contributed by atoms with E-state index in [9.17, 15) is 13.2 Å². The molecule has 0 aliphatic rings. The Morgan fingerprint density at radius 3 is 2.52 bits per heavy atom. The van der Waals surface area contributed by atoms with Crippen LogP contribution in [0.25, 0.3) is 11.0 Å². The molecule has 0 fully saturated rings. The van der Waals surface area contributed by atoms with Crippen molar-refractivity contribution in [3.63, 3.8) is 0 Å². The maximum Gasteiger partial charge on any atom is 0.446 e. The fourth-order valence-corrected chi connectivity index (χ4v) is 3.06. The number of carbonyl (C=O) groups is 1. The maximum atomic E-state index is 12.3. The largest absolute Gasteiger partial charge is 0.497 e. The third kappa shape index (κ3) is 3.28. The monoisotopic (exact) mass is 362 g/mol. The van der Waals surface area contributed by atoms with Crippen molar-refractivity contribution < 1.29 is 27.1 Å². The second-order valence-electron chi connectivity index (χ2n) is 4.95. The first kappa shape index (κ1) is 16.8. The summed E-state index contributed by atoms with van der Waals surface area (Å²) in [6, 6.07) is 13.8. The number of benzene rings is 2. The highest BCUT2D eigenvalue weighted by atomic mass is 32.2. The Morgan fingerprint density at radius 1 is 1.12 bits per heavy atom. The zero-order valence-corrected chi connectivity index (χ0v) is 13.9. The van der Waals surface area contributed by atoms with E-state index in [1.54, 1.807) is 24.3 Å². The molecule has 0 atom stereocenters. The Labute approximate surface area is 143 Å². The fourth-order valence-electron chi connectivity index (χ4n) is 2.10. The summed E-state index contributed by atoms with van der Waals surface area (Å²) in [4.78, 5) is 11.9. The molecule has 130 valence electrons. The molecule has 0 bridgehead atoms. The van der Waals surface area contributed by atoms with Crippen LogP contribution >= 0.6 is 0 Å². The molecule has 3 aromatic rings. The lowest BCUT2D eigenvalue weighted by Gasteiger charge is -2.15. The first-order valence-electron chi connectivity index (χ1n) is 7.06. The van der Waals surface area contributed by atoms with Gasteiger partial charge in [-0.1, -0.05) is 18.2 Å². The summed E-state index contributed by atoms with van der Waals surface area (Å²) in [5.74, 6) is 5.80. The first-order chi connectivity index (χ1) is 11.9. The van der Waals surface area contributed by atoms with Crippen molar-refractivity contribution in [1.29, 1.82) is 0 Å². The van der Waals surface area contributed by atoms with E-state index < -0.39 is 16.1 Å². The Balaban J connectivity index is 1.82. The number of methoxy groups -OCH3 is 1. The number of hydrazine groups is 1. The number of furan rings is 1. The number of hydrogen-bond acceptors (Lipinski definition) is 7. The Bertz CT molecular complexity index is 1010. The summed E-state index contributed by atoms with van der Waals surface area (Å²) in [5, 5.41) is 0.651. The number of amides is 1. The van der Waals surface area contributed by atoms with Crippen LogP contribution in [-0.4, -0.2) is 26.0 Å². The number of fused-ring (bicyclic) bond motifs is 1. The molecule has 0 aliphatic heterocycles. The van der Waals surface area contributed by atoms with E-state index in [1.807, 2.05) is 0 Å². The molecule has 3 rings (SSSR count). The van der Waals surface area contributed by atoms with Crippen LogP contribution in [0.15, 0.2) is 63.9 Å². The molecule has 1 aromatic heterocycles. The third-order valence-electron chi connectivity index (χ3n) is 3.37. The molecular formula is C16H14N2O6S. The summed E-state index contributed by atoms with van der Waals surface area (Å²) < 4.78 is 39.9. The highest BCUT2D eigenvalue weighted by Gasteiger charge is 2.29. The van der Waals surface area contributed by atoms with Crippen molar-refractivity contribution in [1.82, 2.24) is 4.41 Å². The number of carbonyl (C=O) groups excluding carboxylic acids is 1. The minimum atomic E-state index is -4.22. The lowest BCUT2D eigenvalue weighted by Crippen LogP contribution is -2.44. The van der Waals surface area contributed by atoms with Crippen LogP contribution in [0, 0.1) is 0 Å². The predicted octanol–water partition coefficient (Wildman–Crippen LogP) is 2.50. The molecule has 0 aliphatic carbocycles. The summed E-state index contributed by atoms with van der Waals surface area (Å²) in [7, 11) is -2.72. The Hall–Kier alpha value is -3.04. The molecule has 25 heavy (non-hydrogen) atoms. The lowest BCUT2D eigenvalue weighted by atomic mass is 10.2. The molecule has 8 nitrogen and oxygen atoms in total. The van der Waals surface area contributed by atoms with E-state index in [1.165, 1.54) is 37.4 Å². The topological polar surface area (TPSA) is 112 Å². The lowest BCUT2D eigenvalue weighted by molar-refractivity contribution is 0.168. The van der Waals surface area contributed by atoms with E-state index in [4.69, 9.17) is 19.7 Å². The van der Waals surface area contributed by atoms with Gasteiger partial charge in [-0.15, -0.1) is 4.41 Å².